The van der Waals surface area contributed by atoms with Gasteiger partial charge < -0.3 is 16.8 Å². The van der Waals surface area contributed by atoms with Gasteiger partial charge in [-0.25, -0.2) is 14.6 Å². The van der Waals surface area contributed by atoms with Crippen molar-refractivity contribution < 1.29 is 4.79 Å². The molecule has 2 aromatic heterocycles. The molecule has 1 saturated carbocycles. The number of aromatic nitrogens is 4. The highest BCUT2D eigenvalue weighted by atomic mass is 16.2. The minimum atomic E-state index is -0.417. The third kappa shape index (κ3) is 3.97. The zero-order chi connectivity index (χ0) is 20.5. The SMILES string of the molecule is C/N=C(\C=C(\C)N)NC(=O)c1nn(C2CCC(C)(C)CC2)c2ncnc(N)c12. The molecule has 0 aromatic carbocycles. The van der Waals surface area contributed by atoms with E-state index in [-0.39, 0.29) is 17.6 Å². The molecule has 9 heteroatoms. The lowest BCUT2D eigenvalue weighted by Crippen LogP contribution is -2.30. The summed E-state index contributed by atoms with van der Waals surface area (Å²) in [4.78, 5) is 25.4. The first-order valence-electron chi connectivity index (χ1n) is 9.42. The Morgan fingerprint density at radius 2 is 2.04 bits per heavy atom. The molecule has 1 aliphatic rings. The molecule has 2 heterocycles. The maximum atomic E-state index is 12.9. The van der Waals surface area contributed by atoms with Gasteiger partial charge in [-0.3, -0.25) is 9.79 Å². The maximum Gasteiger partial charge on any atom is 0.278 e. The molecule has 0 aliphatic heterocycles. The Labute approximate surface area is 164 Å². The molecule has 0 atom stereocenters. The van der Waals surface area contributed by atoms with Crippen LogP contribution in [0.1, 0.15) is 63.0 Å². The van der Waals surface area contributed by atoms with Crippen LogP contribution >= 0.6 is 0 Å². The van der Waals surface area contributed by atoms with Crippen molar-refractivity contribution in [3.63, 3.8) is 0 Å². The number of carbonyl (C=O) groups is 1. The van der Waals surface area contributed by atoms with Crippen molar-refractivity contribution in [1.29, 1.82) is 0 Å². The molecular formula is C19H28N8O. The number of nitrogens with zero attached hydrogens (tertiary/aromatic N) is 5. The molecule has 2 aromatic rings. The van der Waals surface area contributed by atoms with E-state index >= 15 is 0 Å². The molecule has 150 valence electrons. The zero-order valence-electron chi connectivity index (χ0n) is 16.9. The average Bonchev–Trinajstić information content (AvgIpc) is 3.02. The Bertz CT molecular complexity index is 942. The number of carbonyl (C=O) groups excluding carboxylic acids is 1. The minimum Gasteiger partial charge on any atom is -0.402 e. The zero-order valence-corrected chi connectivity index (χ0v) is 16.9. The van der Waals surface area contributed by atoms with E-state index in [0.717, 1.165) is 25.7 Å². The lowest BCUT2D eigenvalue weighted by molar-refractivity contribution is 0.0971. The average molecular weight is 384 g/mol. The van der Waals surface area contributed by atoms with Crippen molar-refractivity contribution in [2.45, 2.75) is 52.5 Å². The van der Waals surface area contributed by atoms with Gasteiger partial charge in [0.05, 0.1) is 11.4 Å². The molecule has 0 radical (unpaired) electrons. The third-order valence-corrected chi connectivity index (χ3v) is 5.23. The fraction of sp³-hybridized carbons (Fsp3) is 0.526. The summed E-state index contributed by atoms with van der Waals surface area (Å²) in [5.74, 6) is 0.167. The quantitative estimate of drug-likeness (QED) is 0.548. The summed E-state index contributed by atoms with van der Waals surface area (Å²) >= 11 is 0. The van der Waals surface area contributed by atoms with Crippen LogP contribution in [-0.4, -0.2) is 38.5 Å². The molecule has 0 bridgehead atoms. The summed E-state index contributed by atoms with van der Waals surface area (Å²) in [5, 5.41) is 7.80. The predicted octanol–water partition coefficient (Wildman–Crippen LogP) is 2.17. The van der Waals surface area contributed by atoms with E-state index in [1.54, 1.807) is 20.0 Å². The van der Waals surface area contributed by atoms with E-state index in [1.807, 2.05) is 4.68 Å². The number of rotatable bonds is 3. The molecule has 28 heavy (non-hydrogen) atoms. The van der Waals surface area contributed by atoms with Gasteiger partial charge in [0.25, 0.3) is 5.91 Å². The molecule has 0 unspecified atom stereocenters. The number of amidine groups is 1. The number of nitrogens with one attached hydrogen (secondary N) is 1. The van der Waals surface area contributed by atoms with Crippen molar-refractivity contribution in [2.75, 3.05) is 12.8 Å². The Kier molecular flexibility index (Phi) is 5.35. The van der Waals surface area contributed by atoms with Gasteiger partial charge in [0.1, 0.15) is 18.0 Å². The number of fused-ring (bicyclic) bond motifs is 1. The second-order valence-electron chi connectivity index (χ2n) is 8.10. The summed E-state index contributed by atoms with van der Waals surface area (Å²) in [6, 6.07) is 0.178. The Morgan fingerprint density at radius 1 is 1.36 bits per heavy atom. The van der Waals surface area contributed by atoms with Gasteiger partial charge in [-0.05, 0) is 44.1 Å². The van der Waals surface area contributed by atoms with Crippen LogP contribution in [0.4, 0.5) is 5.82 Å². The van der Waals surface area contributed by atoms with Crippen LogP contribution in [0.15, 0.2) is 23.1 Å². The summed E-state index contributed by atoms with van der Waals surface area (Å²) < 4.78 is 1.84. The molecule has 5 N–H and O–H groups in total. The van der Waals surface area contributed by atoms with E-state index in [0.29, 0.717) is 28.0 Å². The second-order valence-corrected chi connectivity index (χ2v) is 8.10. The largest absolute Gasteiger partial charge is 0.402 e. The molecular weight excluding hydrogens is 356 g/mol. The lowest BCUT2D eigenvalue weighted by atomic mass is 9.75. The Morgan fingerprint density at radius 3 is 2.64 bits per heavy atom. The van der Waals surface area contributed by atoms with Crippen LogP contribution in [0.5, 0.6) is 0 Å². The number of nitrogens with two attached hydrogens (primary N) is 2. The van der Waals surface area contributed by atoms with E-state index < -0.39 is 5.91 Å². The van der Waals surface area contributed by atoms with Gasteiger partial charge in [0.2, 0.25) is 0 Å². The highest BCUT2D eigenvalue weighted by molar-refractivity contribution is 6.15. The van der Waals surface area contributed by atoms with Crippen molar-refractivity contribution in [1.82, 2.24) is 25.1 Å². The van der Waals surface area contributed by atoms with Crippen molar-refractivity contribution in [3.05, 3.63) is 23.8 Å². The standard InChI is InChI=1S/C19H28N8O/c1-11(20)9-13(22-4)25-18(28)15-14-16(21)23-10-24-17(14)27(26-15)12-5-7-19(2,3)8-6-12/h9-10,12H,5-8,20H2,1-4H3,(H2,21,23,24)(H,22,25,28)/b11-9-. The molecule has 1 amide bonds. The van der Waals surface area contributed by atoms with Gasteiger partial charge in [-0.1, -0.05) is 13.8 Å². The van der Waals surface area contributed by atoms with Gasteiger partial charge in [0.15, 0.2) is 11.3 Å². The van der Waals surface area contributed by atoms with Gasteiger partial charge in [-0.2, -0.15) is 5.10 Å². The maximum absolute atomic E-state index is 12.9. The van der Waals surface area contributed by atoms with Crippen molar-refractivity contribution in [3.8, 4) is 0 Å². The smallest absolute Gasteiger partial charge is 0.278 e. The summed E-state index contributed by atoms with van der Waals surface area (Å²) in [7, 11) is 1.58. The first-order chi connectivity index (χ1) is 13.2. The number of allylic oxidation sites excluding steroid dienone is 1. The molecule has 0 spiro atoms. The van der Waals surface area contributed by atoms with Gasteiger partial charge >= 0.3 is 0 Å². The van der Waals surface area contributed by atoms with Crippen LogP contribution in [0, 0.1) is 5.41 Å². The van der Waals surface area contributed by atoms with Crippen LogP contribution in [0.25, 0.3) is 11.0 Å². The number of amides is 1. The Balaban J connectivity index is 1.99. The number of anilines is 1. The van der Waals surface area contributed by atoms with Gasteiger partial charge in [0, 0.05) is 12.7 Å². The van der Waals surface area contributed by atoms with Gasteiger partial charge in [-0.15, -0.1) is 0 Å². The normalized spacial score (nSPS) is 18.4. The monoisotopic (exact) mass is 384 g/mol. The molecule has 1 fully saturated rings. The first-order valence-corrected chi connectivity index (χ1v) is 9.42. The number of aliphatic imine (C=N–C) groups is 1. The number of hydrogen-bond donors (Lipinski definition) is 3. The van der Waals surface area contributed by atoms with Crippen LogP contribution < -0.4 is 16.8 Å². The summed E-state index contributed by atoms with van der Waals surface area (Å²) in [6.45, 7) is 6.28. The fourth-order valence-electron chi connectivity index (χ4n) is 3.59. The topological polar surface area (TPSA) is 137 Å². The molecule has 0 saturated heterocycles. The minimum absolute atomic E-state index is 0.178. The van der Waals surface area contributed by atoms with Crippen molar-refractivity contribution >= 4 is 28.6 Å². The highest BCUT2D eigenvalue weighted by Gasteiger charge is 2.31. The Hall–Kier alpha value is -2.97. The van der Waals surface area contributed by atoms with Crippen LogP contribution in [-0.2, 0) is 0 Å². The predicted molar refractivity (Wildman–Crippen MR) is 110 cm³/mol. The van der Waals surface area contributed by atoms with E-state index in [1.165, 1.54) is 6.33 Å². The number of nitrogen functional groups attached to an aromatic ring is 1. The van der Waals surface area contributed by atoms with Crippen molar-refractivity contribution in [2.24, 2.45) is 16.1 Å². The number of hydrogen-bond acceptors (Lipinski definition) is 7. The van der Waals surface area contributed by atoms with E-state index in [4.69, 9.17) is 11.5 Å². The lowest BCUT2D eigenvalue weighted by Gasteiger charge is -2.34. The summed E-state index contributed by atoms with van der Waals surface area (Å²) in [6.07, 6.45) is 7.13. The second kappa shape index (κ2) is 7.57. The first kappa shape index (κ1) is 19.8. The molecule has 9 nitrogen and oxygen atoms in total. The summed E-state index contributed by atoms with van der Waals surface area (Å²) in [5.41, 5.74) is 13.4. The van der Waals surface area contributed by atoms with Crippen LogP contribution in [0.3, 0.4) is 0 Å². The van der Waals surface area contributed by atoms with E-state index in [2.05, 4.69) is 39.2 Å². The van der Waals surface area contributed by atoms with Crippen LogP contribution in [0.2, 0.25) is 0 Å². The molecule has 3 rings (SSSR count). The fourth-order valence-corrected chi connectivity index (χ4v) is 3.59. The highest BCUT2D eigenvalue weighted by Crippen LogP contribution is 2.41. The molecule has 1 aliphatic carbocycles. The third-order valence-electron chi connectivity index (χ3n) is 5.23. The van der Waals surface area contributed by atoms with E-state index in [9.17, 15) is 4.79 Å².